The smallest absolute Gasteiger partial charge is 0.191 e. The minimum atomic E-state index is 0.723. The SMILES string of the molecule is C=CCNC(=NC)NCCCCNc1ccccn1. The fourth-order valence-corrected chi connectivity index (χ4v) is 1.53. The zero-order valence-electron chi connectivity index (χ0n) is 11.5. The Morgan fingerprint density at radius 3 is 2.84 bits per heavy atom. The third-order valence-corrected chi connectivity index (χ3v) is 2.50. The quantitative estimate of drug-likeness (QED) is 0.288. The number of hydrogen-bond donors (Lipinski definition) is 3. The molecule has 0 atom stereocenters. The zero-order valence-corrected chi connectivity index (χ0v) is 11.5. The van der Waals surface area contributed by atoms with E-state index in [1.807, 2.05) is 24.3 Å². The summed E-state index contributed by atoms with van der Waals surface area (Å²) in [6.07, 6.45) is 5.76. The maximum absolute atomic E-state index is 4.21. The van der Waals surface area contributed by atoms with Crippen LogP contribution in [0.5, 0.6) is 0 Å². The summed E-state index contributed by atoms with van der Waals surface area (Å²) in [5.41, 5.74) is 0. The van der Waals surface area contributed by atoms with Gasteiger partial charge in [0.2, 0.25) is 0 Å². The highest BCUT2D eigenvalue weighted by Gasteiger charge is 1.95. The third kappa shape index (κ3) is 7.08. The Morgan fingerprint density at radius 2 is 2.16 bits per heavy atom. The fourth-order valence-electron chi connectivity index (χ4n) is 1.53. The van der Waals surface area contributed by atoms with Crippen molar-refractivity contribution in [2.24, 2.45) is 4.99 Å². The molecule has 5 nitrogen and oxygen atoms in total. The summed E-state index contributed by atoms with van der Waals surface area (Å²) in [5.74, 6) is 1.75. The van der Waals surface area contributed by atoms with Crippen LogP contribution in [-0.2, 0) is 0 Å². The molecule has 0 aliphatic rings. The van der Waals surface area contributed by atoms with Crippen molar-refractivity contribution < 1.29 is 0 Å². The molecule has 0 aliphatic carbocycles. The molecule has 104 valence electrons. The summed E-state index contributed by atoms with van der Waals surface area (Å²) in [6, 6.07) is 5.86. The molecular formula is C14H23N5. The second-order valence-electron chi connectivity index (χ2n) is 4.02. The van der Waals surface area contributed by atoms with E-state index >= 15 is 0 Å². The number of aliphatic imine (C=N–C) groups is 1. The topological polar surface area (TPSA) is 61.3 Å². The van der Waals surface area contributed by atoms with Gasteiger partial charge in [0.05, 0.1) is 0 Å². The molecule has 0 fully saturated rings. The number of rotatable bonds is 8. The van der Waals surface area contributed by atoms with Crippen molar-refractivity contribution >= 4 is 11.8 Å². The van der Waals surface area contributed by atoms with Gasteiger partial charge in [-0.25, -0.2) is 4.98 Å². The van der Waals surface area contributed by atoms with Gasteiger partial charge in [-0.3, -0.25) is 4.99 Å². The summed E-state index contributed by atoms with van der Waals surface area (Å²) >= 11 is 0. The molecule has 1 heterocycles. The third-order valence-electron chi connectivity index (χ3n) is 2.50. The maximum atomic E-state index is 4.21. The zero-order chi connectivity index (χ0) is 13.8. The molecule has 0 saturated carbocycles. The molecule has 0 aliphatic heterocycles. The van der Waals surface area contributed by atoms with Crippen molar-refractivity contribution in [2.75, 3.05) is 32.0 Å². The van der Waals surface area contributed by atoms with Crippen LogP contribution in [0.4, 0.5) is 5.82 Å². The molecule has 3 N–H and O–H groups in total. The van der Waals surface area contributed by atoms with Gasteiger partial charge in [-0.1, -0.05) is 12.1 Å². The molecule has 0 radical (unpaired) electrons. The van der Waals surface area contributed by atoms with Crippen molar-refractivity contribution in [1.29, 1.82) is 0 Å². The van der Waals surface area contributed by atoms with Crippen molar-refractivity contribution in [1.82, 2.24) is 15.6 Å². The molecule has 1 rings (SSSR count). The number of aromatic nitrogens is 1. The summed E-state index contributed by atoms with van der Waals surface area (Å²) < 4.78 is 0. The van der Waals surface area contributed by atoms with Gasteiger partial charge in [0.25, 0.3) is 0 Å². The summed E-state index contributed by atoms with van der Waals surface area (Å²) in [7, 11) is 1.76. The molecule has 19 heavy (non-hydrogen) atoms. The van der Waals surface area contributed by atoms with E-state index in [2.05, 4.69) is 32.5 Å². The number of pyridine rings is 1. The first-order valence-electron chi connectivity index (χ1n) is 6.57. The van der Waals surface area contributed by atoms with Crippen LogP contribution in [0.1, 0.15) is 12.8 Å². The highest BCUT2D eigenvalue weighted by atomic mass is 15.2. The predicted octanol–water partition coefficient (Wildman–Crippen LogP) is 1.62. The Bertz CT molecular complexity index is 375. The molecule has 5 heteroatoms. The van der Waals surface area contributed by atoms with Gasteiger partial charge in [-0.2, -0.15) is 0 Å². The highest BCUT2D eigenvalue weighted by molar-refractivity contribution is 5.79. The number of nitrogens with zero attached hydrogens (tertiary/aromatic N) is 2. The van der Waals surface area contributed by atoms with Gasteiger partial charge in [-0.05, 0) is 25.0 Å². The molecule has 0 amide bonds. The second-order valence-corrected chi connectivity index (χ2v) is 4.02. The van der Waals surface area contributed by atoms with Crippen LogP contribution in [0.15, 0.2) is 42.0 Å². The minimum absolute atomic E-state index is 0.723. The van der Waals surface area contributed by atoms with E-state index < -0.39 is 0 Å². The molecule has 0 aromatic carbocycles. The lowest BCUT2D eigenvalue weighted by Gasteiger charge is -2.10. The minimum Gasteiger partial charge on any atom is -0.370 e. The normalized spacial score (nSPS) is 10.9. The first-order valence-corrected chi connectivity index (χ1v) is 6.57. The Labute approximate surface area is 115 Å². The predicted molar refractivity (Wildman–Crippen MR) is 81.5 cm³/mol. The molecule has 0 bridgehead atoms. The number of hydrogen-bond acceptors (Lipinski definition) is 3. The van der Waals surface area contributed by atoms with Crippen LogP contribution in [0.2, 0.25) is 0 Å². The van der Waals surface area contributed by atoms with Crippen molar-refractivity contribution in [3.63, 3.8) is 0 Å². The molecule has 0 spiro atoms. The Hall–Kier alpha value is -2.04. The van der Waals surface area contributed by atoms with Gasteiger partial charge in [0.1, 0.15) is 5.82 Å². The fraction of sp³-hybridized carbons (Fsp3) is 0.429. The van der Waals surface area contributed by atoms with Crippen LogP contribution in [-0.4, -0.2) is 37.6 Å². The van der Waals surface area contributed by atoms with Crippen molar-refractivity contribution in [3.8, 4) is 0 Å². The average molecular weight is 261 g/mol. The standard InChI is InChI=1S/C14H23N5/c1-3-9-18-14(15-2)19-12-7-6-11-17-13-8-4-5-10-16-13/h3-5,8,10H,1,6-7,9,11-12H2,2H3,(H,16,17)(H2,15,18,19). The van der Waals surface area contributed by atoms with Crippen LogP contribution in [0, 0.1) is 0 Å². The van der Waals surface area contributed by atoms with Gasteiger partial charge in [0, 0.05) is 32.9 Å². The molecule has 0 unspecified atom stereocenters. The molecule has 1 aromatic heterocycles. The van der Waals surface area contributed by atoms with E-state index in [1.54, 1.807) is 13.2 Å². The lowest BCUT2D eigenvalue weighted by molar-refractivity contribution is 0.717. The van der Waals surface area contributed by atoms with Crippen molar-refractivity contribution in [2.45, 2.75) is 12.8 Å². The number of anilines is 1. The lowest BCUT2D eigenvalue weighted by atomic mass is 10.3. The molecular weight excluding hydrogens is 238 g/mol. The van der Waals surface area contributed by atoms with Crippen LogP contribution in [0.25, 0.3) is 0 Å². The van der Waals surface area contributed by atoms with E-state index in [1.165, 1.54) is 0 Å². The van der Waals surface area contributed by atoms with E-state index in [-0.39, 0.29) is 0 Å². The highest BCUT2D eigenvalue weighted by Crippen LogP contribution is 1.99. The molecule has 1 aromatic rings. The first kappa shape index (κ1) is 15.0. The second kappa shape index (κ2) is 9.94. The Morgan fingerprint density at radius 1 is 1.32 bits per heavy atom. The number of guanidine groups is 1. The largest absolute Gasteiger partial charge is 0.370 e. The van der Waals surface area contributed by atoms with Crippen LogP contribution in [0.3, 0.4) is 0 Å². The van der Waals surface area contributed by atoms with Crippen LogP contribution < -0.4 is 16.0 Å². The van der Waals surface area contributed by atoms with E-state index in [0.29, 0.717) is 0 Å². The van der Waals surface area contributed by atoms with E-state index in [9.17, 15) is 0 Å². The Kier molecular flexibility index (Phi) is 7.85. The van der Waals surface area contributed by atoms with E-state index in [4.69, 9.17) is 0 Å². The number of nitrogens with one attached hydrogen (secondary N) is 3. The summed E-state index contributed by atoms with van der Waals surface area (Å²) in [6.45, 7) is 6.21. The Balaban J connectivity index is 2.03. The molecule has 0 saturated heterocycles. The number of unbranched alkanes of at least 4 members (excludes halogenated alkanes) is 1. The summed E-state index contributed by atoms with van der Waals surface area (Å²) in [4.78, 5) is 8.32. The monoisotopic (exact) mass is 261 g/mol. The van der Waals surface area contributed by atoms with E-state index in [0.717, 1.165) is 44.3 Å². The average Bonchev–Trinajstić information content (AvgIpc) is 2.47. The van der Waals surface area contributed by atoms with Crippen LogP contribution >= 0.6 is 0 Å². The summed E-state index contributed by atoms with van der Waals surface area (Å²) in [5, 5.41) is 9.66. The first-order chi connectivity index (χ1) is 9.36. The van der Waals surface area contributed by atoms with Gasteiger partial charge >= 0.3 is 0 Å². The van der Waals surface area contributed by atoms with Crippen molar-refractivity contribution in [3.05, 3.63) is 37.1 Å². The maximum Gasteiger partial charge on any atom is 0.191 e. The van der Waals surface area contributed by atoms with Gasteiger partial charge in [0.15, 0.2) is 5.96 Å². The lowest BCUT2D eigenvalue weighted by Crippen LogP contribution is -2.37. The van der Waals surface area contributed by atoms with Gasteiger partial charge in [-0.15, -0.1) is 6.58 Å². The van der Waals surface area contributed by atoms with Gasteiger partial charge < -0.3 is 16.0 Å².